The lowest BCUT2D eigenvalue weighted by Crippen LogP contribution is -2.48. The normalized spacial score (nSPS) is 21.8. The van der Waals surface area contributed by atoms with Crippen molar-refractivity contribution in [2.75, 3.05) is 26.2 Å². The van der Waals surface area contributed by atoms with E-state index in [2.05, 4.69) is 4.90 Å². The average Bonchev–Trinajstić information content (AvgIpc) is 3.15. The zero-order valence-corrected chi connectivity index (χ0v) is 14.1. The van der Waals surface area contributed by atoms with Crippen molar-refractivity contribution in [1.29, 1.82) is 0 Å². The summed E-state index contributed by atoms with van der Waals surface area (Å²) in [6, 6.07) is 3.75. The van der Waals surface area contributed by atoms with Crippen molar-refractivity contribution < 1.29 is 14.1 Å². The zero-order chi connectivity index (χ0) is 17.8. The fourth-order valence-corrected chi connectivity index (χ4v) is 3.64. The number of hydrogen-bond donors (Lipinski definition) is 0. The Bertz CT molecular complexity index is 686. The van der Waals surface area contributed by atoms with Crippen molar-refractivity contribution in [2.45, 2.75) is 31.7 Å². The van der Waals surface area contributed by atoms with Crippen LogP contribution in [0.25, 0.3) is 6.08 Å². The molecule has 0 aliphatic carbocycles. The number of nitro benzene ring substituents is 1. The number of carbonyl (C=O) groups is 1. The van der Waals surface area contributed by atoms with E-state index in [1.54, 1.807) is 4.90 Å². The van der Waals surface area contributed by atoms with Crippen molar-refractivity contribution in [3.63, 3.8) is 0 Å². The van der Waals surface area contributed by atoms with Crippen LogP contribution in [-0.2, 0) is 4.79 Å². The van der Waals surface area contributed by atoms with Gasteiger partial charge in [-0.05, 0) is 57.0 Å². The molecule has 25 heavy (non-hydrogen) atoms. The monoisotopic (exact) mass is 347 g/mol. The first-order valence-electron chi connectivity index (χ1n) is 8.69. The van der Waals surface area contributed by atoms with Gasteiger partial charge in [-0.15, -0.1) is 0 Å². The molecule has 0 bridgehead atoms. The van der Waals surface area contributed by atoms with E-state index in [9.17, 15) is 19.3 Å². The summed E-state index contributed by atoms with van der Waals surface area (Å²) in [6.07, 6.45) is 7.28. The Morgan fingerprint density at radius 2 is 2.00 bits per heavy atom. The number of rotatable bonds is 4. The molecule has 1 amide bonds. The van der Waals surface area contributed by atoms with E-state index in [-0.39, 0.29) is 17.2 Å². The Balaban J connectivity index is 1.67. The van der Waals surface area contributed by atoms with Gasteiger partial charge in [0.1, 0.15) is 5.82 Å². The molecule has 0 aromatic heterocycles. The Morgan fingerprint density at radius 1 is 1.24 bits per heavy atom. The summed E-state index contributed by atoms with van der Waals surface area (Å²) in [5.41, 5.74) is -0.106. The maximum absolute atomic E-state index is 13.2. The molecule has 134 valence electrons. The zero-order valence-electron chi connectivity index (χ0n) is 14.1. The summed E-state index contributed by atoms with van der Waals surface area (Å²) in [5.74, 6) is -0.817. The first-order valence-corrected chi connectivity index (χ1v) is 8.69. The van der Waals surface area contributed by atoms with E-state index in [0.717, 1.165) is 38.1 Å². The molecule has 1 atom stereocenters. The van der Waals surface area contributed by atoms with Gasteiger partial charge < -0.3 is 4.90 Å². The second-order valence-corrected chi connectivity index (χ2v) is 6.62. The summed E-state index contributed by atoms with van der Waals surface area (Å²) in [6.45, 7) is 3.61. The van der Waals surface area contributed by atoms with Crippen LogP contribution in [0, 0.1) is 15.9 Å². The summed E-state index contributed by atoms with van der Waals surface area (Å²) < 4.78 is 13.2. The van der Waals surface area contributed by atoms with Crippen molar-refractivity contribution >= 4 is 17.7 Å². The predicted octanol–water partition coefficient (Wildman–Crippen LogP) is 2.83. The minimum Gasteiger partial charge on any atom is -0.338 e. The van der Waals surface area contributed by atoms with Crippen molar-refractivity contribution in [3.05, 3.63) is 45.8 Å². The van der Waals surface area contributed by atoms with Crippen LogP contribution in [0.4, 0.5) is 10.1 Å². The van der Waals surface area contributed by atoms with E-state index in [0.29, 0.717) is 19.1 Å². The molecule has 7 heteroatoms. The lowest BCUT2D eigenvalue weighted by molar-refractivity contribution is -0.385. The van der Waals surface area contributed by atoms with E-state index in [4.69, 9.17) is 0 Å². The number of benzene rings is 1. The van der Waals surface area contributed by atoms with Crippen LogP contribution in [0.15, 0.2) is 24.3 Å². The minimum atomic E-state index is -0.667. The van der Waals surface area contributed by atoms with E-state index < -0.39 is 10.7 Å². The molecule has 2 heterocycles. The van der Waals surface area contributed by atoms with Crippen molar-refractivity contribution in [1.82, 2.24) is 9.80 Å². The summed E-state index contributed by atoms with van der Waals surface area (Å²) in [7, 11) is 0. The largest absolute Gasteiger partial charge is 0.338 e. The van der Waals surface area contributed by atoms with Gasteiger partial charge in [-0.3, -0.25) is 19.8 Å². The van der Waals surface area contributed by atoms with E-state index >= 15 is 0 Å². The smallest absolute Gasteiger partial charge is 0.279 e. The molecular formula is C18H22FN3O3. The van der Waals surface area contributed by atoms with Gasteiger partial charge in [0.2, 0.25) is 5.91 Å². The molecular weight excluding hydrogens is 325 g/mol. The first kappa shape index (κ1) is 17.5. The van der Waals surface area contributed by atoms with Crippen LogP contribution in [0.1, 0.15) is 31.2 Å². The predicted molar refractivity (Wildman–Crippen MR) is 92.5 cm³/mol. The van der Waals surface area contributed by atoms with Crippen LogP contribution in [0.2, 0.25) is 0 Å². The lowest BCUT2D eigenvalue weighted by Gasteiger charge is -2.37. The second-order valence-electron chi connectivity index (χ2n) is 6.62. The highest BCUT2D eigenvalue weighted by atomic mass is 19.1. The van der Waals surface area contributed by atoms with Gasteiger partial charge in [0.05, 0.1) is 16.6 Å². The third-order valence-corrected chi connectivity index (χ3v) is 4.96. The lowest BCUT2D eigenvalue weighted by atomic mass is 10.0. The first-order chi connectivity index (χ1) is 12.0. The topological polar surface area (TPSA) is 66.7 Å². The molecule has 0 radical (unpaired) electrons. The number of nitrogens with zero attached hydrogens (tertiary/aromatic N) is 3. The van der Waals surface area contributed by atoms with Gasteiger partial charge in [0.15, 0.2) is 0 Å². The Hall–Kier alpha value is -2.28. The molecule has 0 N–H and O–H groups in total. The molecule has 3 rings (SSSR count). The SMILES string of the molecule is O=C(/C=C/c1ccc(F)cc1[N+](=O)[O-])N1CCC[C@H](N2CCCC2)C1. The molecule has 2 saturated heterocycles. The highest BCUT2D eigenvalue weighted by Crippen LogP contribution is 2.23. The van der Waals surface area contributed by atoms with Crippen LogP contribution in [0.3, 0.4) is 0 Å². The highest BCUT2D eigenvalue weighted by molar-refractivity contribution is 5.92. The van der Waals surface area contributed by atoms with Gasteiger partial charge >= 0.3 is 0 Å². The Kier molecular flexibility index (Phi) is 5.43. The van der Waals surface area contributed by atoms with Crippen molar-refractivity contribution in [2.24, 2.45) is 0 Å². The maximum Gasteiger partial charge on any atom is 0.279 e. The molecule has 2 fully saturated rings. The molecule has 0 saturated carbocycles. The van der Waals surface area contributed by atoms with Gasteiger partial charge in [0, 0.05) is 25.2 Å². The summed E-state index contributed by atoms with van der Waals surface area (Å²) in [4.78, 5) is 27.1. The number of likely N-dealkylation sites (tertiary alicyclic amines) is 2. The molecule has 1 aromatic rings. The van der Waals surface area contributed by atoms with Gasteiger partial charge in [-0.25, -0.2) is 4.39 Å². The number of nitro groups is 1. The standard InChI is InChI=1S/C18H22FN3O3/c19-15-7-5-14(17(12-15)22(24)25)6-8-18(23)21-11-3-4-16(13-21)20-9-1-2-10-20/h5-8,12,16H,1-4,9-11,13H2/b8-6+/t16-/m0/s1. The Morgan fingerprint density at radius 3 is 2.72 bits per heavy atom. The fraction of sp³-hybridized carbons (Fsp3) is 0.500. The van der Waals surface area contributed by atoms with Crippen LogP contribution in [0.5, 0.6) is 0 Å². The second kappa shape index (κ2) is 7.74. The molecule has 0 unspecified atom stereocenters. The highest BCUT2D eigenvalue weighted by Gasteiger charge is 2.28. The van der Waals surface area contributed by atoms with Gasteiger partial charge in [0.25, 0.3) is 5.69 Å². The third kappa shape index (κ3) is 4.22. The minimum absolute atomic E-state index is 0.150. The number of amides is 1. The quantitative estimate of drug-likeness (QED) is 0.477. The Labute approximate surface area is 146 Å². The molecule has 1 aromatic carbocycles. The van der Waals surface area contributed by atoms with Crippen LogP contribution in [-0.4, -0.2) is 52.9 Å². The van der Waals surface area contributed by atoms with E-state index in [1.165, 1.54) is 31.1 Å². The van der Waals surface area contributed by atoms with Crippen LogP contribution >= 0.6 is 0 Å². The number of halogens is 1. The van der Waals surface area contributed by atoms with Crippen molar-refractivity contribution in [3.8, 4) is 0 Å². The number of hydrogen-bond acceptors (Lipinski definition) is 4. The molecule has 2 aliphatic heterocycles. The summed E-state index contributed by atoms with van der Waals surface area (Å²) in [5, 5.41) is 11.0. The summed E-state index contributed by atoms with van der Waals surface area (Å²) >= 11 is 0. The molecule has 0 spiro atoms. The molecule has 2 aliphatic rings. The average molecular weight is 347 g/mol. The third-order valence-electron chi connectivity index (χ3n) is 4.96. The number of piperidine rings is 1. The molecule has 6 nitrogen and oxygen atoms in total. The van der Waals surface area contributed by atoms with Crippen LogP contribution < -0.4 is 0 Å². The van der Waals surface area contributed by atoms with Gasteiger partial charge in [-0.1, -0.05) is 0 Å². The van der Waals surface area contributed by atoms with Gasteiger partial charge in [-0.2, -0.15) is 0 Å². The number of carbonyl (C=O) groups excluding carboxylic acids is 1. The maximum atomic E-state index is 13.2. The fourth-order valence-electron chi connectivity index (χ4n) is 3.64. The van der Waals surface area contributed by atoms with E-state index in [1.807, 2.05) is 0 Å².